The molecule has 174 valence electrons. The van der Waals surface area contributed by atoms with Gasteiger partial charge in [-0.25, -0.2) is 0 Å². The molecule has 0 radical (unpaired) electrons. The molecule has 2 N–H and O–H groups in total. The van der Waals surface area contributed by atoms with E-state index in [1.807, 2.05) is 12.1 Å². The molecule has 33 heavy (non-hydrogen) atoms. The van der Waals surface area contributed by atoms with Crippen molar-refractivity contribution in [2.24, 2.45) is 5.92 Å². The Balaban J connectivity index is 1.36. The predicted octanol–water partition coefficient (Wildman–Crippen LogP) is 3.39. The molecule has 4 heteroatoms. The van der Waals surface area contributed by atoms with Crippen LogP contribution in [0.4, 0.5) is 0 Å². The fraction of sp³-hybridized carbons (Fsp3) is 0.552. The number of carbonyl (C=O) groups is 1. The van der Waals surface area contributed by atoms with Gasteiger partial charge < -0.3 is 14.7 Å². The van der Waals surface area contributed by atoms with Crippen molar-refractivity contribution in [1.82, 2.24) is 0 Å². The van der Waals surface area contributed by atoms with Gasteiger partial charge >= 0.3 is 0 Å². The number of aromatic hydroxyl groups is 1. The lowest BCUT2D eigenvalue weighted by molar-refractivity contribution is -0.944. The number of likely N-dealkylation sites (tertiary alicyclic amines) is 1. The number of aryl methyl sites for hydroxylation is 1. The molecule has 1 aliphatic heterocycles. The van der Waals surface area contributed by atoms with E-state index in [0.29, 0.717) is 37.0 Å². The van der Waals surface area contributed by atoms with Gasteiger partial charge in [0.2, 0.25) is 0 Å². The van der Waals surface area contributed by atoms with Gasteiger partial charge in [0.25, 0.3) is 0 Å². The number of ether oxygens (including phenoxy) is 1. The highest BCUT2D eigenvalue weighted by Crippen LogP contribution is 2.58. The van der Waals surface area contributed by atoms with E-state index < -0.39 is 0 Å². The molecule has 4 atom stereocenters. The molecule has 2 unspecified atom stereocenters. The van der Waals surface area contributed by atoms with Crippen LogP contribution in [0.3, 0.4) is 0 Å². The first-order chi connectivity index (χ1) is 16.1. The van der Waals surface area contributed by atoms with Crippen molar-refractivity contribution in [1.29, 1.82) is 0 Å². The van der Waals surface area contributed by atoms with Crippen LogP contribution in [0.25, 0.3) is 0 Å². The Morgan fingerprint density at radius 3 is 2.73 bits per heavy atom. The number of Topliss-reactive ketones (excluding diaryl/α,β-unsaturated/α-hetero) is 1. The van der Waals surface area contributed by atoms with Crippen molar-refractivity contribution >= 4 is 5.78 Å². The minimum Gasteiger partial charge on any atom is -0.508 e. The number of carbonyl (C=O) groups excluding carboxylic acids is 1. The first-order valence-corrected chi connectivity index (χ1v) is 13.0. The third kappa shape index (κ3) is 3.54. The summed E-state index contributed by atoms with van der Waals surface area (Å²) in [7, 11) is 0. The van der Waals surface area contributed by atoms with Gasteiger partial charge in [0.05, 0.1) is 13.1 Å². The molecule has 4 nitrogen and oxygen atoms in total. The van der Waals surface area contributed by atoms with E-state index in [1.54, 1.807) is 4.90 Å². The minimum atomic E-state index is -0.383. The van der Waals surface area contributed by atoms with Crippen LogP contribution in [0.5, 0.6) is 5.75 Å². The quantitative estimate of drug-likeness (QED) is 0.641. The van der Waals surface area contributed by atoms with Gasteiger partial charge in [-0.1, -0.05) is 42.5 Å². The van der Waals surface area contributed by atoms with Gasteiger partial charge in [-0.15, -0.1) is 0 Å². The standard InChI is InChI=1S/C29H35NO3/c31-24-13-14-29(33-17-5-8-21-6-2-1-3-7-21)26-18-23-9-4-10-25(32)27(23)28(29,19-24)15-16-30(26)20-22-11-12-22/h1-4,6-7,9-10,22,26,32H,5,8,11-20H2/p+1/t26?,28-,29-/m1/s1. The molecular weight excluding hydrogens is 410 g/mol. The second-order valence-electron chi connectivity index (χ2n) is 11.0. The summed E-state index contributed by atoms with van der Waals surface area (Å²) in [4.78, 5) is 14.6. The molecule has 0 amide bonds. The molecule has 4 aliphatic rings. The van der Waals surface area contributed by atoms with Gasteiger partial charge in [-0.05, 0) is 49.3 Å². The zero-order valence-corrected chi connectivity index (χ0v) is 19.5. The van der Waals surface area contributed by atoms with Crippen molar-refractivity contribution in [3.05, 3.63) is 65.2 Å². The van der Waals surface area contributed by atoms with E-state index in [-0.39, 0.29) is 11.0 Å². The van der Waals surface area contributed by atoms with Crippen LogP contribution in [0.1, 0.15) is 61.6 Å². The molecular formula is C29H36NO3+. The van der Waals surface area contributed by atoms with Crippen LogP contribution in [-0.2, 0) is 27.8 Å². The second-order valence-corrected chi connectivity index (χ2v) is 11.0. The topological polar surface area (TPSA) is 51.0 Å². The summed E-state index contributed by atoms with van der Waals surface area (Å²) in [5.41, 5.74) is 2.88. The highest BCUT2D eigenvalue weighted by molar-refractivity contribution is 5.82. The molecule has 6 rings (SSSR count). The minimum absolute atomic E-state index is 0.332. The smallest absolute Gasteiger partial charge is 0.134 e. The predicted molar refractivity (Wildman–Crippen MR) is 128 cm³/mol. The lowest BCUT2D eigenvalue weighted by atomic mass is 9.49. The zero-order valence-electron chi connectivity index (χ0n) is 19.5. The SMILES string of the molecule is O=C1CC[C@@]2(OCCCc3ccccc3)C3Cc4cccc(O)c4[C@@]2(CC[NH+]3CC2CC2)C1. The van der Waals surface area contributed by atoms with Crippen molar-refractivity contribution < 1.29 is 19.5 Å². The highest BCUT2D eigenvalue weighted by atomic mass is 16.5. The summed E-state index contributed by atoms with van der Waals surface area (Å²) in [5.74, 6) is 1.56. The van der Waals surface area contributed by atoms with Gasteiger partial charge in [-0.2, -0.15) is 0 Å². The number of rotatable bonds is 7. The summed E-state index contributed by atoms with van der Waals surface area (Å²) < 4.78 is 7.06. The van der Waals surface area contributed by atoms with E-state index in [4.69, 9.17) is 4.74 Å². The number of hydrogen-bond donors (Lipinski definition) is 2. The Morgan fingerprint density at radius 1 is 1.06 bits per heavy atom. The van der Waals surface area contributed by atoms with Crippen LogP contribution in [0, 0.1) is 5.92 Å². The van der Waals surface area contributed by atoms with Crippen molar-refractivity contribution in [2.75, 3.05) is 19.7 Å². The molecule has 2 aromatic carbocycles. The number of hydrogen-bond acceptors (Lipinski definition) is 3. The lowest BCUT2D eigenvalue weighted by Gasteiger charge is -2.63. The third-order valence-corrected chi connectivity index (χ3v) is 9.10. The third-order valence-electron chi connectivity index (χ3n) is 9.10. The largest absolute Gasteiger partial charge is 0.508 e. The molecule has 1 heterocycles. The monoisotopic (exact) mass is 446 g/mol. The second kappa shape index (κ2) is 8.25. The van der Waals surface area contributed by atoms with Crippen LogP contribution in [-0.4, -0.2) is 42.2 Å². The maximum atomic E-state index is 12.9. The Hall–Kier alpha value is -2.17. The highest BCUT2D eigenvalue weighted by Gasteiger charge is 2.69. The number of ketones is 1. The summed E-state index contributed by atoms with van der Waals surface area (Å²) in [6.45, 7) is 3.02. The first-order valence-electron chi connectivity index (χ1n) is 13.0. The zero-order chi connectivity index (χ0) is 22.5. The molecule has 3 fully saturated rings. The number of quaternary nitrogens is 1. The van der Waals surface area contributed by atoms with Crippen molar-refractivity contribution in [2.45, 2.75) is 74.8 Å². The number of benzene rings is 2. The molecule has 2 saturated carbocycles. The van der Waals surface area contributed by atoms with Crippen LogP contribution in [0.15, 0.2) is 48.5 Å². The maximum absolute atomic E-state index is 12.9. The number of piperidine rings is 1. The van der Waals surface area contributed by atoms with Crippen molar-refractivity contribution in [3.8, 4) is 5.75 Å². The molecule has 2 bridgehead atoms. The first kappa shape index (κ1) is 21.4. The van der Waals surface area contributed by atoms with Gasteiger partial charge in [-0.3, -0.25) is 4.79 Å². The fourth-order valence-electron chi connectivity index (χ4n) is 7.51. The Labute approximate surface area is 196 Å². The lowest BCUT2D eigenvalue weighted by Crippen LogP contribution is -3.21. The van der Waals surface area contributed by atoms with E-state index >= 15 is 0 Å². The van der Waals surface area contributed by atoms with Gasteiger partial charge in [0.1, 0.15) is 23.2 Å². The van der Waals surface area contributed by atoms with Gasteiger partial charge in [0, 0.05) is 49.2 Å². The summed E-state index contributed by atoms with van der Waals surface area (Å²) >= 11 is 0. The number of fused-ring (bicyclic) bond motifs is 1. The van der Waals surface area contributed by atoms with Gasteiger partial charge in [0.15, 0.2) is 0 Å². The molecule has 2 aromatic rings. The van der Waals surface area contributed by atoms with E-state index in [9.17, 15) is 9.90 Å². The Bertz CT molecular complexity index is 1030. The fourth-order valence-corrected chi connectivity index (χ4v) is 7.51. The van der Waals surface area contributed by atoms with Crippen LogP contribution < -0.4 is 4.90 Å². The maximum Gasteiger partial charge on any atom is 0.134 e. The number of phenols is 1. The summed E-state index contributed by atoms with van der Waals surface area (Å²) in [6.07, 6.45) is 8.51. The number of nitrogens with one attached hydrogen (secondary N) is 1. The normalized spacial score (nSPS) is 32.8. The summed E-state index contributed by atoms with van der Waals surface area (Å²) in [5, 5.41) is 11.1. The molecule has 3 aliphatic carbocycles. The van der Waals surface area contributed by atoms with E-state index in [2.05, 4.69) is 36.4 Å². The van der Waals surface area contributed by atoms with Crippen LogP contribution in [0.2, 0.25) is 0 Å². The number of phenolic OH excluding ortho intramolecular Hbond substituents is 1. The average Bonchev–Trinajstić information content (AvgIpc) is 3.63. The molecule has 0 aromatic heterocycles. The Morgan fingerprint density at radius 2 is 1.91 bits per heavy atom. The molecule has 1 saturated heterocycles. The van der Waals surface area contributed by atoms with Crippen molar-refractivity contribution in [3.63, 3.8) is 0 Å². The Kier molecular flexibility index (Phi) is 5.34. The molecule has 0 spiro atoms. The van der Waals surface area contributed by atoms with E-state index in [1.165, 1.54) is 30.5 Å². The average molecular weight is 447 g/mol. The van der Waals surface area contributed by atoms with Crippen LogP contribution >= 0.6 is 0 Å². The van der Waals surface area contributed by atoms with E-state index in [0.717, 1.165) is 50.1 Å². The summed E-state index contributed by atoms with van der Waals surface area (Å²) in [6, 6.07) is 17.0.